The van der Waals surface area contributed by atoms with Crippen LogP contribution in [0.25, 0.3) is 0 Å². The first-order valence-electron chi connectivity index (χ1n) is 10.1. The third-order valence-electron chi connectivity index (χ3n) is 4.49. The summed E-state index contributed by atoms with van der Waals surface area (Å²) in [5, 5.41) is 0. The molecule has 0 aliphatic rings. The van der Waals surface area contributed by atoms with Gasteiger partial charge in [-0.3, -0.25) is 0 Å². The monoisotopic (exact) mass is 422 g/mol. The lowest BCUT2D eigenvalue weighted by Gasteiger charge is -2.25. The summed E-state index contributed by atoms with van der Waals surface area (Å²) in [4.78, 5) is 15.9. The molecule has 0 atom stereocenters. The second-order valence-corrected chi connectivity index (χ2v) is 10.5. The van der Waals surface area contributed by atoms with Crippen LogP contribution in [0, 0.1) is 13.8 Å². The minimum absolute atomic E-state index is 0.0928. The molecule has 0 saturated heterocycles. The Bertz CT molecular complexity index is 929. The van der Waals surface area contributed by atoms with Gasteiger partial charge in [0.25, 0.3) is 0 Å². The van der Waals surface area contributed by atoms with Gasteiger partial charge in [-0.25, -0.2) is 4.79 Å². The summed E-state index contributed by atoms with van der Waals surface area (Å²) >= 11 is 0. The lowest BCUT2D eigenvalue weighted by molar-refractivity contribution is -0.157. The molecule has 30 heavy (non-hydrogen) atoms. The summed E-state index contributed by atoms with van der Waals surface area (Å²) in [6, 6.07) is 25.6. The third-order valence-corrected chi connectivity index (χ3v) is 6.89. The summed E-state index contributed by atoms with van der Waals surface area (Å²) in [5.74, 6) is 0.391. The molecule has 0 fully saturated rings. The van der Waals surface area contributed by atoms with E-state index in [1.54, 1.807) is 0 Å². The van der Waals surface area contributed by atoms with E-state index in [1.807, 2.05) is 46.8 Å². The number of ether oxygens (including phenoxy) is 2. The molecule has 0 aromatic heterocycles. The van der Waals surface area contributed by atoms with Crippen molar-refractivity contribution in [3.05, 3.63) is 83.9 Å². The molecule has 4 heteroatoms. The molecule has 0 spiro atoms. The summed E-state index contributed by atoms with van der Waals surface area (Å²) < 4.78 is 11.2. The Morgan fingerprint density at radius 3 is 1.70 bits per heavy atom. The summed E-state index contributed by atoms with van der Waals surface area (Å²) in [6.45, 7) is 9.53. The highest BCUT2D eigenvalue weighted by Crippen LogP contribution is 2.52. The van der Waals surface area contributed by atoms with Crippen molar-refractivity contribution < 1.29 is 14.3 Å². The predicted molar refractivity (Wildman–Crippen MR) is 124 cm³/mol. The third kappa shape index (κ3) is 5.67. The second-order valence-electron chi connectivity index (χ2n) is 8.29. The zero-order valence-corrected chi connectivity index (χ0v) is 19.2. The van der Waals surface area contributed by atoms with Crippen molar-refractivity contribution in [2.45, 2.75) is 54.9 Å². The average Bonchev–Trinajstić information content (AvgIpc) is 2.68. The lowest BCUT2D eigenvalue weighted by atomic mass is 10.1. The van der Waals surface area contributed by atoms with E-state index in [1.165, 1.54) is 14.7 Å². The van der Waals surface area contributed by atoms with Gasteiger partial charge in [0.1, 0.15) is 11.4 Å². The number of thiol groups is 1. The molecular formula is C26H30O3S. The van der Waals surface area contributed by atoms with Gasteiger partial charge in [0.05, 0.1) is 0 Å². The smallest absolute Gasteiger partial charge is 0.344 e. The van der Waals surface area contributed by atoms with E-state index < -0.39 is 16.5 Å². The van der Waals surface area contributed by atoms with Crippen LogP contribution >= 0.6 is 10.9 Å². The molecule has 3 aromatic rings. The van der Waals surface area contributed by atoms with Gasteiger partial charge >= 0.3 is 5.97 Å². The van der Waals surface area contributed by atoms with Gasteiger partial charge < -0.3 is 9.47 Å². The number of aryl methyl sites for hydroxylation is 2. The number of carbonyl (C=O) groups is 1. The van der Waals surface area contributed by atoms with Crippen molar-refractivity contribution in [2.24, 2.45) is 0 Å². The van der Waals surface area contributed by atoms with E-state index in [-0.39, 0.29) is 12.6 Å². The zero-order valence-electron chi connectivity index (χ0n) is 18.3. The van der Waals surface area contributed by atoms with Crippen LogP contribution in [0.3, 0.4) is 0 Å². The van der Waals surface area contributed by atoms with E-state index in [4.69, 9.17) is 9.47 Å². The van der Waals surface area contributed by atoms with Gasteiger partial charge in [-0.05, 0) is 96.8 Å². The first-order valence-corrected chi connectivity index (χ1v) is 11.4. The van der Waals surface area contributed by atoms with Gasteiger partial charge in [0.15, 0.2) is 6.61 Å². The summed E-state index contributed by atoms with van der Waals surface area (Å²) in [6.07, 6.45) is 0. The van der Waals surface area contributed by atoms with Crippen molar-refractivity contribution in [3.8, 4) is 5.75 Å². The van der Waals surface area contributed by atoms with E-state index in [0.717, 1.165) is 16.9 Å². The first-order chi connectivity index (χ1) is 14.2. The number of esters is 1. The molecule has 158 valence electrons. The van der Waals surface area contributed by atoms with Crippen molar-refractivity contribution in [3.63, 3.8) is 0 Å². The topological polar surface area (TPSA) is 35.5 Å². The fourth-order valence-corrected chi connectivity index (χ4v) is 5.87. The Balaban J connectivity index is 1.91. The Hall–Kier alpha value is -2.72. The fraction of sp³-hybridized carbons (Fsp3) is 0.269. The van der Waals surface area contributed by atoms with Gasteiger partial charge in [-0.15, -0.1) is 0 Å². The van der Waals surface area contributed by atoms with Gasteiger partial charge in [0.2, 0.25) is 0 Å². The number of carbonyl (C=O) groups excluding carboxylic acids is 1. The van der Waals surface area contributed by atoms with Crippen molar-refractivity contribution in [1.29, 1.82) is 0 Å². The molecule has 0 aliphatic carbocycles. The lowest BCUT2D eigenvalue weighted by Crippen LogP contribution is -2.27. The Morgan fingerprint density at radius 2 is 1.27 bits per heavy atom. The van der Waals surface area contributed by atoms with Crippen LogP contribution in [0.2, 0.25) is 0 Å². The maximum absolute atomic E-state index is 12.1. The number of benzene rings is 3. The Labute approximate surface area is 182 Å². The van der Waals surface area contributed by atoms with Gasteiger partial charge in [-0.2, -0.15) is 10.9 Å². The molecule has 0 aliphatic heterocycles. The number of rotatable bonds is 6. The molecule has 0 saturated carbocycles. The van der Waals surface area contributed by atoms with Crippen LogP contribution in [0.1, 0.15) is 31.9 Å². The fourth-order valence-electron chi connectivity index (χ4n) is 3.39. The molecule has 0 unspecified atom stereocenters. The first kappa shape index (κ1) is 22.0. The van der Waals surface area contributed by atoms with Crippen molar-refractivity contribution in [2.75, 3.05) is 6.61 Å². The zero-order chi connectivity index (χ0) is 21.7. The molecule has 0 radical (unpaired) electrons. The van der Waals surface area contributed by atoms with Crippen LogP contribution in [-0.2, 0) is 9.53 Å². The SMILES string of the molecule is Cc1cc([SH](c2ccccc2)c2ccccc2)cc(C)c1OCC(=O)OC(C)(C)C. The van der Waals surface area contributed by atoms with Gasteiger partial charge in [-0.1, -0.05) is 36.4 Å². The molecular weight excluding hydrogens is 392 g/mol. The standard InChI is InChI=1S/C26H30O3S/c1-19-16-23(17-20(2)25(19)28-18-24(27)29-26(3,4)5)30(21-12-8-6-9-13-21)22-14-10-7-11-15-22/h6-17,30H,18H2,1-5H3. The summed E-state index contributed by atoms with van der Waals surface area (Å²) in [7, 11) is -0.678. The predicted octanol–water partition coefficient (Wildman–Crippen LogP) is 6.50. The molecule has 0 N–H and O–H groups in total. The largest absolute Gasteiger partial charge is 0.481 e. The average molecular weight is 423 g/mol. The molecule has 3 aromatic carbocycles. The molecule has 3 nitrogen and oxygen atoms in total. The minimum atomic E-state index is -0.678. The van der Waals surface area contributed by atoms with Crippen LogP contribution in [0.5, 0.6) is 5.75 Å². The highest BCUT2D eigenvalue weighted by Gasteiger charge is 2.19. The van der Waals surface area contributed by atoms with E-state index in [0.29, 0.717) is 0 Å². The van der Waals surface area contributed by atoms with E-state index >= 15 is 0 Å². The minimum Gasteiger partial charge on any atom is -0.481 e. The van der Waals surface area contributed by atoms with E-state index in [9.17, 15) is 4.79 Å². The molecule has 0 amide bonds. The quantitative estimate of drug-likeness (QED) is 0.364. The van der Waals surface area contributed by atoms with E-state index in [2.05, 4.69) is 60.7 Å². The van der Waals surface area contributed by atoms with Gasteiger partial charge in [0, 0.05) is 0 Å². The maximum atomic E-state index is 12.1. The van der Waals surface area contributed by atoms with Crippen molar-refractivity contribution >= 4 is 16.9 Å². The molecule has 0 bridgehead atoms. The molecule has 0 heterocycles. The number of hydrogen-bond donors (Lipinski definition) is 1. The molecule has 3 rings (SSSR count). The number of hydrogen-bond acceptors (Lipinski definition) is 3. The van der Waals surface area contributed by atoms with Crippen molar-refractivity contribution in [1.82, 2.24) is 0 Å². The normalized spacial score (nSPS) is 11.7. The van der Waals surface area contributed by atoms with Crippen LogP contribution in [0.4, 0.5) is 0 Å². The Morgan fingerprint density at radius 1 is 0.800 bits per heavy atom. The maximum Gasteiger partial charge on any atom is 0.344 e. The van der Waals surface area contributed by atoms with Crippen LogP contribution < -0.4 is 4.74 Å². The highest BCUT2D eigenvalue weighted by molar-refractivity contribution is 8.17. The Kier molecular flexibility index (Phi) is 6.88. The highest BCUT2D eigenvalue weighted by atomic mass is 32.2. The second kappa shape index (κ2) is 9.40. The summed E-state index contributed by atoms with van der Waals surface area (Å²) in [5.41, 5.74) is 1.52. The van der Waals surface area contributed by atoms with Crippen LogP contribution in [-0.4, -0.2) is 18.2 Å². The van der Waals surface area contributed by atoms with Crippen LogP contribution in [0.15, 0.2) is 87.5 Å².